The number of halogens is 3. The van der Waals surface area contributed by atoms with E-state index in [0.29, 0.717) is 44.1 Å². The Morgan fingerprint density at radius 3 is 2.67 bits per heavy atom. The van der Waals surface area contributed by atoms with Gasteiger partial charge in [-0.2, -0.15) is 0 Å². The Labute approximate surface area is 173 Å². The van der Waals surface area contributed by atoms with Gasteiger partial charge < -0.3 is 10.3 Å². The number of H-pyrrole nitrogens is 1. The molecule has 136 valence electrons. The third-order valence-electron chi connectivity index (χ3n) is 4.01. The fourth-order valence-corrected chi connectivity index (χ4v) is 3.65. The maximum atomic E-state index is 6.33. The average molecular weight is 464 g/mol. The molecule has 0 bridgehead atoms. The molecular formula is C18H13BrCl2N6. The number of nitrogens with one attached hydrogen (secondary N) is 2. The van der Waals surface area contributed by atoms with E-state index >= 15 is 0 Å². The Morgan fingerprint density at radius 2 is 1.93 bits per heavy atom. The highest BCUT2D eigenvalue weighted by molar-refractivity contribution is 9.10. The molecule has 4 rings (SSSR count). The van der Waals surface area contributed by atoms with E-state index in [0.717, 1.165) is 16.6 Å². The summed E-state index contributed by atoms with van der Waals surface area (Å²) in [6, 6.07) is 7.23. The molecule has 2 N–H and O–H groups in total. The van der Waals surface area contributed by atoms with Gasteiger partial charge in [-0.3, -0.25) is 0 Å². The van der Waals surface area contributed by atoms with Crippen LogP contribution < -0.4 is 5.32 Å². The Kier molecular flexibility index (Phi) is 4.99. The minimum Gasteiger partial charge on any atom is -0.335 e. The number of imidazole rings is 1. The maximum absolute atomic E-state index is 6.33. The van der Waals surface area contributed by atoms with Gasteiger partial charge in [0.25, 0.3) is 0 Å². The van der Waals surface area contributed by atoms with Crippen LogP contribution in [0.25, 0.3) is 22.4 Å². The van der Waals surface area contributed by atoms with Crippen LogP contribution in [0.15, 0.2) is 41.3 Å². The van der Waals surface area contributed by atoms with Crippen molar-refractivity contribution in [2.45, 2.75) is 13.3 Å². The number of pyridine rings is 1. The molecule has 3 heterocycles. The number of hydrogen-bond acceptors (Lipinski definition) is 5. The van der Waals surface area contributed by atoms with Crippen molar-refractivity contribution in [3.05, 3.63) is 57.0 Å². The van der Waals surface area contributed by atoms with Crippen molar-refractivity contribution in [1.82, 2.24) is 24.9 Å². The molecule has 0 saturated carbocycles. The predicted molar refractivity (Wildman–Crippen MR) is 112 cm³/mol. The molecule has 0 aliphatic heterocycles. The number of benzene rings is 1. The molecule has 0 radical (unpaired) electrons. The van der Waals surface area contributed by atoms with Crippen LogP contribution >= 0.6 is 39.1 Å². The largest absolute Gasteiger partial charge is 0.335 e. The van der Waals surface area contributed by atoms with E-state index in [9.17, 15) is 0 Å². The van der Waals surface area contributed by atoms with Crippen LogP contribution in [0.1, 0.15) is 12.6 Å². The third-order valence-corrected chi connectivity index (χ3v) is 5.22. The zero-order valence-corrected chi connectivity index (χ0v) is 17.2. The molecule has 4 aromatic rings. The van der Waals surface area contributed by atoms with Crippen LogP contribution in [0.4, 0.5) is 11.6 Å². The Morgan fingerprint density at radius 1 is 1.15 bits per heavy atom. The van der Waals surface area contributed by atoms with E-state index in [1.54, 1.807) is 24.4 Å². The van der Waals surface area contributed by atoms with E-state index in [2.05, 4.69) is 46.2 Å². The highest BCUT2D eigenvalue weighted by atomic mass is 79.9. The summed E-state index contributed by atoms with van der Waals surface area (Å²) in [5.74, 6) is 1.81. The first kappa shape index (κ1) is 18.2. The van der Waals surface area contributed by atoms with Crippen molar-refractivity contribution in [2.24, 2.45) is 0 Å². The lowest BCUT2D eigenvalue weighted by Gasteiger charge is -2.07. The fourth-order valence-electron chi connectivity index (χ4n) is 2.68. The topological polar surface area (TPSA) is 79.4 Å². The number of anilines is 2. The molecule has 0 fully saturated rings. The smallest absolute Gasteiger partial charge is 0.157 e. The molecule has 0 unspecified atom stereocenters. The summed E-state index contributed by atoms with van der Waals surface area (Å²) in [5.41, 5.74) is 3.01. The van der Waals surface area contributed by atoms with Crippen molar-refractivity contribution >= 4 is 61.8 Å². The van der Waals surface area contributed by atoms with Crippen molar-refractivity contribution in [2.75, 3.05) is 5.32 Å². The maximum Gasteiger partial charge on any atom is 0.157 e. The molecule has 6 nitrogen and oxygen atoms in total. The van der Waals surface area contributed by atoms with Crippen LogP contribution in [-0.4, -0.2) is 24.9 Å². The van der Waals surface area contributed by atoms with Crippen LogP contribution in [0.2, 0.25) is 10.0 Å². The quantitative estimate of drug-likeness (QED) is 0.400. The summed E-state index contributed by atoms with van der Waals surface area (Å²) >= 11 is 16.2. The van der Waals surface area contributed by atoms with Crippen LogP contribution in [0.3, 0.4) is 0 Å². The number of fused-ring (bicyclic) bond motifs is 1. The molecule has 0 aliphatic carbocycles. The SMILES string of the molecule is CCc1cc(Nc2ncc(Br)c3nc(-c4c(Cl)cccc4Cl)[nH]c23)ncn1. The first-order valence-corrected chi connectivity index (χ1v) is 9.68. The lowest BCUT2D eigenvalue weighted by molar-refractivity contribution is 1.000. The monoisotopic (exact) mass is 462 g/mol. The van der Waals surface area contributed by atoms with Gasteiger partial charge in [-0.05, 0) is 34.5 Å². The van der Waals surface area contributed by atoms with Gasteiger partial charge in [-0.15, -0.1) is 0 Å². The summed E-state index contributed by atoms with van der Waals surface area (Å²) < 4.78 is 0.755. The summed E-state index contributed by atoms with van der Waals surface area (Å²) in [4.78, 5) is 20.8. The Hall–Kier alpha value is -2.22. The summed E-state index contributed by atoms with van der Waals surface area (Å²) in [5, 5.41) is 4.26. The molecule has 0 atom stereocenters. The number of nitrogens with zero attached hydrogens (tertiary/aromatic N) is 4. The van der Waals surface area contributed by atoms with E-state index in [4.69, 9.17) is 23.2 Å². The van der Waals surface area contributed by atoms with E-state index in [1.807, 2.05) is 13.0 Å². The van der Waals surface area contributed by atoms with Gasteiger partial charge in [0.2, 0.25) is 0 Å². The number of aromatic nitrogens is 5. The molecule has 3 aromatic heterocycles. The van der Waals surface area contributed by atoms with Crippen LogP contribution in [0.5, 0.6) is 0 Å². The predicted octanol–water partition coefficient (Wildman–Crippen LogP) is 5.79. The standard InChI is InChI=1S/C18H13BrCl2N6/c1-2-9-6-13(24-8-23-9)25-18-16-15(10(19)7-22-18)26-17(27-16)14-11(20)4-3-5-12(14)21/h3-8H,2H2,1H3,(H,26,27)(H,22,23,24,25). The first-order chi connectivity index (χ1) is 13.1. The summed E-state index contributed by atoms with van der Waals surface area (Å²) in [6.45, 7) is 2.04. The fraction of sp³-hybridized carbons (Fsp3) is 0.111. The highest BCUT2D eigenvalue weighted by Gasteiger charge is 2.17. The molecule has 1 aromatic carbocycles. The lowest BCUT2D eigenvalue weighted by atomic mass is 10.2. The molecule has 9 heteroatoms. The molecule has 0 aliphatic rings. The van der Waals surface area contributed by atoms with Gasteiger partial charge in [-0.25, -0.2) is 19.9 Å². The van der Waals surface area contributed by atoms with Gasteiger partial charge in [0.15, 0.2) is 5.82 Å². The van der Waals surface area contributed by atoms with E-state index < -0.39 is 0 Å². The number of aryl methyl sites for hydroxylation is 1. The van der Waals surface area contributed by atoms with E-state index in [1.165, 1.54) is 6.33 Å². The van der Waals surface area contributed by atoms with Gasteiger partial charge >= 0.3 is 0 Å². The molecule has 0 spiro atoms. The van der Waals surface area contributed by atoms with Crippen LogP contribution in [0, 0.1) is 0 Å². The van der Waals surface area contributed by atoms with Gasteiger partial charge in [0.1, 0.15) is 29.0 Å². The average Bonchev–Trinajstić information content (AvgIpc) is 3.10. The molecule has 0 saturated heterocycles. The molecule has 0 amide bonds. The minimum absolute atomic E-state index is 0.517. The van der Waals surface area contributed by atoms with Crippen molar-refractivity contribution < 1.29 is 0 Å². The summed E-state index contributed by atoms with van der Waals surface area (Å²) in [6.07, 6.45) is 4.03. The first-order valence-electron chi connectivity index (χ1n) is 8.13. The second kappa shape index (κ2) is 7.42. The Balaban J connectivity index is 1.83. The zero-order valence-electron chi connectivity index (χ0n) is 14.1. The van der Waals surface area contributed by atoms with Gasteiger partial charge in [-0.1, -0.05) is 36.2 Å². The van der Waals surface area contributed by atoms with Crippen LogP contribution in [-0.2, 0) is 6.42 Å². The number of hydrogen-bond donors (Lipinski definition) is 2. The van der Waals surface area contributed by atoms with Crippen molar-refractivity contribution in [3.8, 4) is 11.4 Å². The normalized spacial score (nSPS) is 11.1. The zero-order chi connectivity index (χ0) is 19.0. The third kappa shape index (κ3) is 3.50. The lowest BCUT2D eigenvalue weighted by Crippen LogP contribution is -1.99. The highest BCUT2D eigenvalue weighted by Crippen LogP contribution is 2.36. The van der Waals surface area contributed by atoms with Gasteiger partial charge in [0, 0.05) is 18.0 Å². The van der Waals surface area contributed by atoms with Crippen molar-refractivity contribution in [3.63, 3.8) is 0 Å². The second-order valence-corrected chi connectivity index (χ2v) is 7.40. The number of aromatic amines is 1. The Bertz CT molecular complexity index is 1120. The summed E-state index contributed by atoms with van der Waals surface area (Å²) in [7, 11) is 0. The van der Waals surface area contributed by atoms with E-state index in [-0.39, 0.29) is 0 Å². The second-order valence-electron chi connectivity index (χ2n) is 5.73. The molecular weight excluding hydrogens is 451 g/mol. The number of rotatable bonds is 4. The molecule has 27 heavy (non-hydrogen) atoms. The van der Waals surface area contributed by atoms with Gasteiger partial charge in [0.05, 0.1) is 20.1 Å². The van der Waals surface area contributed by atoms with Crippen molar-refractivity contribution in [1.29, 1.82) is 0 Å². The minimum atomic E-state index is 0.517.